The second-order valence-electron chi connectivity index (χ2n) is 5.08. The number of benzene rings is 1. The summed E-state index contributed by atoms with van der Waals surface area (Å²) in [5.74, 6) is 0.221. The molecule has 0 saturated carbocycles. The number of para-hydroxylation sites is 2. The maximum absolute atomic E-state index is 12.4. The third-order valence-corrected chi connectivity index (χ3v) is 3.73. The van der Waals surface area contributed by atoms with Crippen LogP contribution < -0.4 is 10.1 Å². The van der Waals surface area contributed by atoms with Gasteiger partial charge in [0.2, 0.25) is 0 Å². The van der Waals surface area contributed by atoms with Crippen LogP contribution in [0.1, 0.15) is 26.2 Å². The second kappa shape index (κ2) is 7.43. The number of alkyl halides is 2. The highest BCUT2D eigenvalue weighted by molar-refractivity contribution is 5.56. The molecule has 1 aliphatic rings. The van der Waals surface area contributed by atoms with Crippen LogP contribution in [0.2, 0.25) is 0 Å². The lowest BCUT2D eigenvalue weighted by atomic mass is 10.1. The molecular weight excluding hydrogens is 262 g/mol. The van der Waals surface area contributed by atoms with Crippen molar-refractivity contribution in [2.75, 3.05) is 25.0 Å². The molecule has 2 rings (SSSR count). The molecule has 0 amide bonds. The van der Waals surface area contributed by atoms with Crippen molar-refractivity contribution >= 4 is 5.69 Å². The number of likely N-dealkylation sites (tertiary alicyclic amines) is 1. The topological polar surface area (TPSA) is 24.5 Å². The van der Waals surface area contributed by atoms with E-state index in [1.54, 1.807) is 18.2 Å². The SMILES string of the molecule is CCN1CCCC(Nc2ccccc2OC(F)F)CC1. The number of ether oxygens (including phenoxy) is 1. The molecule has 0 radical (unpaired) electrons. The largest absolute Gasteiger partial charge is 0.433 e. The molecule has 0 bridgehead atoms. The molecular formula is C15H22F2N2O. The Balaban J connectivity index is 1.98. The number of anilines is 1. The molecule has 0 spiro atoms. The van der Waals surface area contributed by atoms with Gasteiger partial charge in [-0.1, -0.05) is 19.1 Å². The number of hydrogen-bond acceptors (Lipinski definition) is 3. The Morgan fingerprint density at radius 3 is 2.85 bits per heavy atom. The molecule has 112 valence electrons. The summed E-state index contributed by atoms with van der Waals surface area (Å²) in [5.41, 5.74) is 0.655. The summed E-state index contributed by atoms with van der Waals surface area (Å²) in [4.78, 5) is 2.42. The van der Waals surface area contributed by atoms with Crippen molar-refractivity contribution in [3.05, 3.63) is 24.3 Å². The first-order chi connectivity index (χ1) is 9.69. The maximum atomic E-state index is 12.4. The molecule has 20 heavy (non-hydrogen) atoms. The van der Waals surface area contributed by atoms with Crippen molar-refractivity contribution in [2.24, 2.45) is 0 Å². The van der Waals surface area contributed by atoms with Crippen LogP contribution in [0, 0.1) is 0 Å². The molecule has 1 saturated heterocycles. The second-order valence-corrected chi connectivity index (χ2v) is 5.08. The lowest BCUT2D eigenvalue weighted by Crippen LogP contribution is -2.26. The fourth-order valence-corrected chi connectivity index (χ4v) is 2.62. The maximum Gasteiger partial charge on any atom is 0.387 e. The van der Waals surface area contributed by atoms with E-state index in [1.807, 2.05) is 6.07 Å². The zero-order valence-corrected chi connectivity index (χ0v) is 11.8. The molecule has 1 aromatic rings. The van der Waals surface area contributed by atoms with Crippen LogP contribution in [0.25, 0.3) is 0 Å². The van der Waals surface area contributed by atoms with Gasteiger partial charge in [0.25, 0.3) is 0 Å². The predicted octanol–water partition coefficient (Wildman–Crippen LogP) is 3.57. The van der Waals surface area contributed by atoms with Crippen LogP contribution >= 0.6 is 0 Å². The van der Waals surface area contributed by atoms with Gasteiger partial charge in [0.15, 0.2) is 0 Å². The van der Waals surface area contributed by atoms with Crippen molar-refractivity contribution in [3.8, 4) is 5.75 Å². The molecule has 1 unspecified atom stereocenters. The molecule has 1 aromatic carbocycles. The molecule has 5 heteroatoms. The highest BCUT2D eigenvalue weighted by Crippen LogP contribution is 2.27. The van der Waals surface area contributed by atoms with Gasteiger partial charge in [-0.15, -0.1) is 0 Å². The van der Waals surface area contributed by atoms with E-state index in [1.165, 1.54) is 0 Å². The van der Waals surface area contributed by atoms with Gasteiger partial charge in [0.1, 0.15) is 5.75 Å². The Labute approximate surface area is 118 Å². The first-order valence-corrected chi connectivity index (χ1v) is 7.21. The first kappa shape index (κ1) is 15.0. The molecule has 3 nitrogen and oxygen atoms in total. The Morgan fingerprint density at radius 1 is 1.30 bits per heavy atom. The van der Waals surface area contributed by atoms with E-state index in [-0.39, 0.29) is 5.75 Å². The zero-order valence-electron chi connectivity index (χ0n) is 11.8. The molecule has 1 N–H and O–H groups in total. The third kappa shape index (κ3) is 4.34. The molecule has 0 aliphatic carbocycles. The van der Waals surface area contributed by atoms with Gasteiger partial charge >= 0.3 is 6.61 Å². The van der Waals surface area contributed by atoms with Crippen molar-refractivity contribution in [2.45, 2.75) is 38.8 Å². The fourth-order valence-electron chi connectivity index (χ4n) is 2.62. The molecule has 1 fully saturated rings. The summed E-state index contributed by atoms with van der Waals surface area (Å²) in [6.07, 6.45) is 3.21. The summed E-state index contributed by atoms with van der Waals surface area (Å²) in [6.45, 7) is 2.61. The smallest absolute Gasteiger partial charge is 0.387 e. The summed E-state index contributed by atoms with van der Waals surface area (Å²) in [6, 6.07) is 7.21. The van der Waals surface area contributed by atoms with Crippen molar-refractivity contribution < 1.29 is 13.5 Å². The summed E-state index contributed by atoms with van der Waals surface area (Å²) in [5, 5.41) is 3.35. The van der Waals surface area contributed by atoms with Gasteiger partial charge in [-0.3, -0.25) is 0 Å². The van der Waals surface area contributed by atoms with E-state index in [0.717, 1.165) is 38.9 Å². The third-order valence-electron chi connectivity index (χ3n) is 3.73. The minimum Gasteiger partial charge on any atom is -0.433 e. The summed E-state index contributed by atoms with van der Waals surface area (Å²) in [7, 11) is 0. The Bertz CT molecular complexity index is 415. The minimum absolute atomic E-state index is 0.221. The quantitative estimate of drug-likeness (QED) is 0.894. The Morgan fingerprint density at radius 2 is 2.10 bits per heavy atom. The van der Waals surface area contributed by atoms with E-state index in [2.05, 4.69) is 21.9 Å². The van der Waals surface area contributed by atoms with Gasteiger partial charge in [0, 0.05) is 12.6 Å². The first-order valence-electron chi connectivity index (χ1n) is 7.21. The Hall–Kier alpha value is -1.36. The van der Waals surface area contributed by atoms with Gasteiger partial charge in [0.05, 0.1) is 5.69 Å². The van der Waals surface area contributed by atoms with Gasteiger partial charge in [-0.2, -0.15) is 8.78 Å². The highest BCUT2D eigenvalue weighted by atomic mass is 19.3. The van der Waals surface area contributed by atoms with Crippen LogP contribution in [0.3, 0.4) is 0 Å². The van der Waals surface area contributed by atoms with Crippen LogP contribution in [0.5, 0.6) is 5.75 Å². The highest BCUT2D eigenvalue weighted by Gasteiger charge is 2.17. The lowest BCUT2D eigenvalue weighted by molar-refractivity contribution is -0.0493. The number of hydrogen-bond donors (Lipinski definition) is 1. The average Bonchev–Trinajstić information content (AvgIpc) is 2.65. The molecule has 1 atom stereocenters. The van der Waals surface area contributed by atoms with Gasteiger partial charge < -0.3 is 15.0 Å². The molecule has 1 aliphatic heterocycles. The standard InChI is InChI=1S/C15H22F2N2O/c1-2-19-10-5-6-12(9-11-19)18-13-7-3-4-8-14(13)20-15(16)17/h3-4,7-8,12,15,18H,2,5-6,9-11H2,1H3. The number of halogens is 2. The van der Waals surface area contributed by atoms with E-state index < -0.39 is 6.61 Å². The molecule has 1 heterocycles. The predicted molar refractivity (Wildman–Crippen MR) is 76.4 cm³/mol. The minimum atomic E-state index is -2.79. The van der Waals surface area contributed by atoms with Crippen LogP contribution in [0.4, 0.5) is 14.5 Å². The van der Waals surface area contributed by atoms with E-state index in [0.29, 0.717) is 11.7 Å². The fraction of sp³-hybridized carbons (Fsp3) is 0.600. The number of nitrogens with one attached hydrogen (secondary N) is 1. The molecule has 0 aromatic heterocycles. The van der Waals surface area contributed by atoms with Crippen LogP contribution in [0.15, 0.2) is 24.3 Å². The van der Waals surface area contributed by atoms with Crippen molar-refractivity contribution in [1.82, 2.24) is 4.90 Å². The lowest BCUT2D eigenvalue weighted by Gasteiger charge is -2.20. The summed E-state index contributed by atoms with van der Waals surface area (Å²) >= 11 is 0. The van der Waals surface area contributed by atoms with Crippen molar-refractivity contribution in [1.29, 1.82) is 0 Å². The average molecular weight is 284 g/mol. The van der Waals surface area contributed by atoms with E-state index >= 15 is 0 Å². The number of nitrogens with zero attached hydrogens (tertiary/aromatic N) is 1. The van der Waals surface area contributed by atoms with Crippen LogP contribution in [-0.2, 0) is 0 Å². The van der Waals surface area contributed by atoms with Crippen LogP contribution in [-0.4, -0.2) is 37.2 Å². The summed E-state index contributed by atoms with van der Waals surface area (Å²) < 4.78 is 29.3. The monoisotopic (exact) mass is 284 g/mol. The normalized spacial score (nSPS) is 20.7. The van der Waals surface area contributed by atoms with E-state index in [9.17, 15) is 8.78 Å². The zero-order chi connectivity index (χ0) is 14.4. The van der Waals surface area contributed by atoms with Gasteiger partial charge in [-0.25, -0.2) is 0 Å². The number of rotatable bonds is 5. The van der Waals surface area contributed by atoms with E-state index in [4.69, 9.17) is 0 Å². The van der Waals surface area contributed by atoms with Crippen molar-refractivity contribution in [3.63, 3.8) is 0 Å². The van der Waals surface area contributed by atoms with Gasteiger partial charge in [-0.05, 0) is 44.5 Å². The Kier molecular flexibility index (Phi) is 5.59.